The summed E-state index contributed by atoms with van der Waals surface area (Å²) in [5.74, 6) is -0.153. The number of cyclic esters (lactones) is 1. The first kappa shape index (κ1) is 44.1. The SMILES string of the molecule is CC[C@H]1CCC[C@H](O[Si](c2ccccc2)(c2ccccc2)C(C)(C)C)[C@@H](C)C(=O)C2=C[C@@H]3[C@@H](C=C[C@@H]4C[C@@H](OC5OC(C)C(OC)C(OC)C5OC)C[C@@H]34)[C@@H]2CC(=O)O1. The maximum absolute atomic E-state index is 15.3. The molecule has 3 aliphatic carbocycles. The van der Waals surface area contributed by atoms with E-state index < -0.39 is 26.6 Å². The average Bonchev–Trinajstić information content (AvgIpc) is 3.81. The molecule has 5 unspecified atom stereocenters. The number of hydrogen-bond acceptors (Lipinski definition) is 9. The summed E-state index contributed by atoms with van der Waals surface area (Å²) in [5.41, 5.74) is 0.765. The molecule has 10 heteroatoms. The molecular weight excluding hydrogens is 761 g/mol. The smallest absolute Gasteiger partial charge is 0.306 e. The van der Waals surface area contributed by atoms with Crippen LogP contribution < -0.4 is 10.4 Å². The van der Waals surface area contributed by atoms with E-state index in [0.29, 0.717) is 6.42 Å². The maximum Gasteiger partial charge on any atom is 0.306 e. The lowest BCUT2D eigenvalue weighted by Crippen LogP contribution is -2.68. The molecule has 3 fully saturated rings. The van der Waals surface area contributed by atoms with E-state index in [0.717, 1.165) is 37.7 Å². The van der Waals surface area contributed by atoms with E-state index in [4.69, 9.17) is 32.8 Å². The number of methoxy groups -OCH3 is 3. The quantitative estimate of drug-likeness (QED) is 0.136. The zero-order valence-electron chi connectivity index (χ0n) is 36.7. The van der Waals surface area contributed by atoms with E-state index in [-0.39, 0.29) is 89.4 Å². The number of ether oxygens (including phenoxy) is 6. The minimum atomic E-state index is -2.98. The van der Waals surface area contributed by atoms with Crippen molar-refractivity contribution in [2.75, 3.05) is 21.3 Å². The minimum absolute atomic E-state index is 0.0192. The normalized spacial score (nSPS) is 36.7. The van der Waals surface area contributed by atoms with Crippen molar-refractivity contribution in [3.8, 4) is 0 Å². The second-order valence-corrected chi connectivity index (χ2v) is 23.0. The number of carbonyl (C=O) groups excluding carboxylic acids is 2. The average molecular weight is 829 g/mol. The third-order valence-corrected chi connectivity index (χ3v) is 19.5. The summed E-state index contributed by atoms with van der Waals surface area (Å²) in [6.45, 7) is 13.0. The molecule has 0 spiro atoms. The number of allylic oxidation sites excluding steroid dienone is 4. The van der Waals surface area contributed by atoms with Crippen LogP contribution in [0.4, 0.5) is 0 Å². The van der Waals surface area contributed by atoms with Crippen LogP contribution in [-0.2, 0) is 42.4 Å². The van der Waals surface area contributed by atoms with Crippen LogP contribution in [0.1, 0.15) is 86.5 Å². The van der Waals surface area contributed by atoms with Gasteiger partial charge in [-0.2, -0.15) is 0 Å². The Kier molecular flexibility index (Phi) is 13.9. The zero-order valence-corrected chi connectivity index (χ0v) is 37.7. The fourth-order valence-corrected chi connectivity index (χ4v) is 16.2. The molecule has 2 aromatic carbocycles. The maximum atomic E-state index is 15.3. The lowest BCUT2D eigenvalue weighted by molar-refractivity contribution is -0.314. The van der Waals surface area contributed by atoms with E-state index in [9.17, 15) is 4.79 Å². The molecule has 5 aliphatic rings. The van der Waals surface area contributed by atoms with Gasteiger partial charge in [0.2, 0.25) is 0 Å². The molecule has 7 rings (SSSR count). The van der Waals surface area contributed by atoms with Crippen LogP contribution in [0.25, 0.3) is 0 Å². The summed E-state index contributed by atoms with van der Waals surface area (Å²) >= 11 is 0. The number of esters is 1. The fraction of sp³-hybridized carbons (Fsp3) is 0.633. The van der Waals surface area contributed by atoms with E-state index in [1.165, 1.54) is 10.4 Å². The van der Waals surface area contributed by atoms with Gasteiger partial charge in [-0.25, -0.2) is 0 Å². The molecule has 2 saturated heterocycles. The number of rotatable bonds is 10. The van der Waals surface area contributed by atoms with Crippen LogP contribution in [0.15, 0.2) is 84.5 Å². The summed E-state index contributed by atoms with van der Waals surface area (Å²) in [6.07, 6.45) is 9.16. The number of ketones is 1. The summed E-state index contributed by atoms with van der Waals surface area (Å²) in [7, 11) is 2.00. The van der Waals surface area contributed by atoms with Crippen LogP contribution in [0.3, 0.4) is 0 Å². The number of Topliss-reactive ketones (excluding diaryl/α,β-unsaturated/α-hetero) is 1. The van der Waals surface area contributed by atoms with Crippen molar-refractivity contribution in [3.63, 3.8) is 0 Å². The van der Waals surface area contributed by atoms with E-state index in [2.05, 4.69) is 114 Å². The van der Waals surface area contributed by atoms with Crippen LogP contribution >= 0.6 is 0 Å². The third kappa shape index (κ3) is 8.62. The Labute approximate surface area is 353 Å². The first-order valence-corrected chi connectivity index (χ1v) is 24.1. The molecule has 2 aliphatic heterocycles. The van der Waals surface area contributed by atoms with Crippen molar-refractivity contribution in [1.82, 2.24) is 0 Å². The number of hydrogen-bond donors (Lipinski definition) is 0. The Bertz CT molecular complexity index is 1750. The Balaban J connectivity index is 1.20. The van der Waals surface area contributed by atoms with Crippen molar-refractivity contribution < 1.29 is 42.4 Å². The number of benzene rings is 2. The summed E-state index contributed by atoms with van der Waals surface area (Å²) < 4.78 is 44.6. The fourth-order valence-electron chi connectivity index (χ4n) is 11.4. The summed E-state index contributed by atoms with van der Waals surface area (Å²) in [6, 6.07) is 21.4. The molecule has 2 aromatic rings. The van der Waals surface area contributed by atoms with E-state index in [1.807, 2.05) is 6.92 Å². The lowest BCUT2D eigenvalue weighted by Gasteiger charge is -2.46. The number of fused-ring (bicyclic) bond motifs is 5. The van der Waals surface area contributed by atoms with Crippen molar-refractivity contribution >= 4 is 30.4 Å². The highest BCUT2D eigenvalue weighted by molar-refractivity contribution is 6.99. The van der Waals surface area contributed by atoms with Crippen LogP contribution in [0.2, 0.25) is 5.04 Å². The molecule has 0 bridgehead atoms. The van der Waals surface area contributed by atoms with Crippen molar-refractivity contribution in [3.05, 3.63) is 84.5 Å². The molecule has 2 heterocycles. The Morgan fingerprint density at radius 2 is 1.44 bits per heavy atom. The second-order valence-electron chi connectivity index (χ2n) is 18.8. The van der Waals surface area contributed by atoms with Gasteiger partial charge >= 0.3 is 5.97 Å². The first-order valence-electron chi connectivity index (χ1n) is 22.2. The predicted molar refractivity (Wildman–Crippen MR) is 231 cm³/mol. The van der Waals surface area contributed by atoms with Crippen molar-refractivity contribution in [2.24, 2.45) is 35.5 Å². The second kappa shape index (κ2) is 18.6. The van der Waals surface area contributed by atoms with Gasteiger partial charge in [0, 0.05) is 33.2 Å². The van der Waals surface area contributed by atoms with Gasteiger partial charge in [-0.05, 0) is 90.1 Å². The van der Waals surface area contributed by atoms with Gasteiger partial charge in [0.15, 0.2) is 12.1 Å². The molecule has 9 nitrogen and oxygen atoms in total. The molecule has 14 atom stereocenters. The highest BCUT2D eigenvalue weighted by Gasteiger charge is 2.55. The highest BCUT2D eigenvalue weighted by atomic mass is 28.4. The Hall–Kier alpha value is -2.96. The highest BCUT2D eigenvalue weighted by Crippen LogP contribution is 2.54. The molecule has 0 N–H and O–H groups in total. The van der Waals surface area contributed by atoms with Crippen LogP contribution in [-0.4, -0.2) is 90.4 Å². The summed E-state index contributed by atoms with van der Waals surface area (Å²) in [5, 5.41) is 2.16. The molecule has 1 saturated carbocycles. The Morgan fingerprint density at radius 1 is 0.797 bits per heavy atom. The van der Waals surface area contributed by atoms with Crippen molar-refractivity contribution in [1.29, 1.82) is 0 Å². The molecule has 322 valence electrons. The van der Waals surface area contributed by atoms with Crippen LogP contribution in [0, 0.1) is 35.5 Å². The topological polar surface area (TPSA) is 98.8 Å². The number of carbonyl (C=O) groups is 2. The van der Waals surface area contributed by atoms with Gasteiger partial charge in [-0.3, -0.25) is 9.59 Å². The molecular formula is C49H68O9Si. The Morgan fingerprint density at radius 3 is 2.03 bits per heavy atom. The van der Waals surface area contributed by atoms with Gasteiger partial charge in [0.1, 0.15) is 24.4 Å². The van der Waals surface area contributed by atoms with Gasteiger partial charge < -0.3 is 32.8 Å². The predicted octanol–water partition coefficient (Wildman–Crippen LogP) is 7.59. The molecule has 0 amide bonds. The lowest BCUT2D eigenvalue weighted by atomic mass is 9.70. The zero-order chi connectivity index (χ0) is 42.1. The largest absolute Gasteiger partial charge is 0.462 e. The van der Waals surface area contributed by atoms with Gasteiger partial charge in [-0.15, -0.1) is 0 Å². The molecule has 59 heavy (non-hydrogen) atoms. The standard InChI is InChI=1S/C49H68O9Si/c1-10-33-18-17-23-42(58-59(49(4,5)6,35-19-13-11-14-20-35)36-21-15-12-16-22-36)30(2)44(51)41-28-39-37(40(41)29-43(50)56-33)25-24-32-26-34(27-38(32)39)57-48-47(54-9)46(53-8)45(52-7)31(3)55-48/h11-16,19-22,24-25,28,30-34,37-40,42,45-48H,10,17-18,23,26-27,29H2,1-9H3/t30-,31?,32-,33+,34-,37-,38-,39-,40+,42+,45?,46?,47?,48?/m1/s1. The third-order valence-electron chi connectivity index (χ3n) is 14.4. The van der Waals surface area contributed by atoms with E-state index >= 15 is 4.79 Å². The van der Waals surface area contributed by atoms with Gasteiger partial charge in [0.25, 0.3) is 8.32 Å². The first-order chi connectivity index (χ1) is 28.3. The monoisotopic (exact) mass is 828 g/mol. The van der Waals surface area contributed by atoms with Crippen molar-refractivity contribution in [2.45, 2.75) is 141 Å². The van der Waals surface area contributed by atoms with E-state index in [1.54, 1.807) is 21.3 Å². The summed E-state index contributed by atoms with van der Waals surface area (Å²) in [4.78, 5) is 29.0. The van der Waals surface area contributed by atoms with Crippen LogP contribution in [0.5, 0.6) is 0 Å². The molecule has 0 aromatic heterocycles. The molecule has 0 radical (unpaired) electrons. The van der Waals surface area contributed by atoms with Gasteiger partial charge in [0.05, 0.1) is 24.7 Å². The van der Waals surface area contributed by atoms with Gasteiger partial charge in [-0.1, -0.05) is 114 Å². The minimum Gasteiger partial charge on any atom is -0.462 e.